The zero-order chi connectivity index (χ0) is 18.5. The molecule has 0 aliphatic carbocycles. The smallest absolute Gasteiger partial charge is 0.317 e. The number of urea groups is 1. The van der Waals surface area contributed by atoms with E-state index in [4.69, 9.17) is 0 Å². The third-order valence-corrected chi connectivity index (χ3v) is 4.32. The predicted octanol–water partition coefficient (Wildman–Crippen LogP) is 3.31. The number of aromatic nitrogens is 3. The Morgan fingerprint density at radius 2 is 1.88 bits per heavy atom. The van der Waals surface area contributed by atoms with E-state index in [9.17, 15) is 9.18 Å². The second kappa shape index (κ2) is 7.77. The average molecular weight is 353 g/mol. The van der Waals surface area contributed by atoms with Gasteiger partial charge in [0.25, 0.3) is 0 Å². The van der Waals surface area contributed by atoms with Gasteiger partial charge in [-0.3, -0.25) is 0 Å². The second-order valence-electron chi connectivity index (χ2n) is 6.00. The molecule has 7 heteroatoms. The van der Waals surface area contributed by atoms with E-state index in [0.29, 0.717) is 6.54 Å². The summed E-state index contributed by atoms with van der Waals surface area (Å²) >= 11 is 0. The molecule has 0 fully saturated rings. The maximum absolute atomic E-state index is 12.9. The Labute approximate surface area is 151 Å². The first-order valence-corrected chi connectivity index (χ1v) is 8.24. The first kappa shape index (κ1) is 17.6. The van der Waals surface area contributed by atoms with E-state index in [1.165, 1.54) is 18.5 Å². The van der Waals surface area contributed by atoms with Crippen LogP contribution in [0.4, 0.5) is 9.18 Å². The Morgan fingerprint density at radius 3 is 2.50 bits per heavy atom. The van der Waals surface area contributed by atoms with Crippen molar-refractivity contribution in [3.8, 4) is 5.69 Å². The minimum Gasteiger partial charge on any atom is -0.334 e. The summed E-state index contributed by atoms with van der Waals surface area (Å²) in [5, 5.41) is 6.94. The Morgan fingerprint density at radius 1 is 1.19 bits per heavy atom. The average Bonchev–Trinajstić information content (AvgIpc) is 3.21. The van der Waals surface area contributed by atoms with Gasteiger partial charge in [-0.1, -0.05) is 24.3 Å². The fourth-order valence-corrected chi connectivity index (χ4v) is 2.55. The third kappa shape index (κ3) is 4.05. The summed E-state index contributed by atoms with van der Waals surface area (Å²) < 4.78 is 14.6. The molecule has 1 atom stereocenters. The van der Waals surface area contributed by atoms with Crippen molar-refractivity contribution in [3.63, 3.8) is 0 Å². The maximum atomic E-state index is 12.9. The van der Waals surface area contributed by atoms with Gasteiger partial charge < -0.3 is 10.2 Å². The minimum atomic E-state index is -0.292. The number of rotatable bonds is 5. The van der Waals surface area contributed by atoms with Crippen LogP contribution in [0.1, 0.15) is 24.1 Å². The van der Waals surface area contributed by atoms with Crippen molar-refractivity contribution in [2.75, 3.05) is 7.05 Å². The third-order valence-electron chi connectivity index (χ3n) is 4.32. The number of amides is 2. The molecular formula is C19H20FN5O. The van der Waals surface area contributed by atoms with Crippen LogP contribution in [-0.2, 0) is 6.54 Å². The van der Waals surface area contributed by atoms with E-state index in [1.54, 1.807) is 35.1 Å². The Hall–Kier alpha value is -3.22. The van der Waals surface area contributed by atoms with Crippen molar-refractivity contribution >= 4 is 6.03 Å². The van der Waals surface area contributed by atoms with Gasteiger partial charge in [-0.2, -0.15) is 5.10 Å². The standard InChI is InChI=1S/C19H20FN5O/c1-14(16-5-9-18(10-6-16)25-13-21-12-23-25)24(2)19(26)22-11-15-3-7-17(20)8-4-15/h3-10,12-14H,11H2,1-2H3,(H,22,26). The number of halogens is 1. The highest BCUT2D eigenvalue weighted by molar-refractivity contribution is 5.74. The lowest BCUT2D eigenvalue weighted by molar-refractivity contribution is 0.194. The van der Waals surface area contributed by atoms with Gasteiger partial charge in [0.2, 0.25) is 0 Å². The van der Waals surface area contributed by atoms with Crippen molar-refractivity contribution in [2.45, 2.75) is 19.5 Å². The van der Waals surface area contributed by atoms with Gasteiger partial charge in [0.15, 0.2) is 0 Å². The van der Waals surface area contributed by atoms with E-state index in [2.05, 4.69) is 15.4 Å². The molecule has 0 saturated heterocycles. The van der Waals surface area contributed by atoms with Crippen LogP contribution in [0.15, 0.2) is 61.2 Å². The molecule has 3 aromatic rings. The molecule has 1 aromatic heterocycles. The van der Waals surface area contributed by atoms with Gasteiger partial charge in [-0.25, -0.2) is 18.9 Å². The minimum absolute atomic E-state index is 0.104. The molecule has 0 bridgehead atoms. The molecule has 1 unspecified atom stereocenters. The number of benzene rings is 2. The number of nitrogens with one attached hydrogen (secondary N) is 1. The Kier molecular flexibility index (Phi) is 5.26. The Balaban J connectivity index is 1.60. The van der Waals surface area contributed by atoms with Gasteiger partial charge in [0.1, 0.15) is 18.5 Å². The van der Waals surface area contributed by atoms with Gasteiger partial charge in [0.05, 0.1) is 11.7 Å². The molecule has 2 amide bonds. The first-order valence-electron chi connectivity index (χ1n) is 8.24. The molecule has 3 rings (SSSR count). The lowest BCUT2D eigenvalue weighted by atomic mass is 10.1. The van der Waals surface area contributed by atoms with E-state index in [-0.39, 0.29) is 17.9 Å². The summed E-state index contributed by atoms with van der Waals surface area (Å²) in [6.07, 6.45) is 3.11. The van der Waals surface area contributed by atoms with E-state index in [0.717, 1.165) is 16.8 Å². The van der Waals surface area contributed by atoms with Crippen LogP contribution < -0.4 is 5.32 Å². The maximum Gasteiger partial charge on any atom is 0.317 e. The topological polar surface area (TPSA) is 63.1 Å². The van der Waals surface area contributed by atoms with Crippen LogP contribution in [0.5, 0.6) is 0 Å². The van der Waals surface area contributed by atoms with Gasteiger partial charge in [-0.05, 0) is 42.3 Å². The molecule has 1 heterocycles. The molecule has 0 spiro atoms. The van der Waals surface area contributed by atoms with Crippen LogP contribution in [0.25, 0.3) is 5.69 Å². The van der Waals surface area contributed by atoms with Crippen LogP contribution in [-0.4, -0.2) is 32.7 Å². The summed E-state index contributed by atoms with van der Waals surface area (Å²) in [4.78, 5) is 17.9. The molecular weight excluding hydrogens is 333 g/mol. The molecule has 0 aliphatic rings. The Bertz CT molecular complexity index is 847. The van der Waals surface area contributed by atoms with Gasteiger partial charge >= 0.3 is 6.03 Å². The number of hydrogen-bond acceptors (Lipinski definition) is 3. The summed E-state index contributed by atoms with van der Waals surface area (Å²) in [5.74, 6) is -0.292. The molecule has 1 N–H and O–H groups in total. The lowest BCUT2D eigenvalue weighted by Crippen LogP contribution is -2.38. The molecule has 0 saturated carbocycles. The summed E-state index contributed by atoms with van der Waals surface area (Å²) in [6, 6.07) is 13.6. The zero-order valence-corrected chi connectivity index (χ0v) is 14.6. The molecule has 0 radical (unpaired) electrons. The van der Waals surface area contributed by atoms with E-state index >= 15 is 0 Å². The molecule has 2 aromatic carbocycles. The van der Waals surface area contributed by atoms with Crippen molar-refractivity contribution in [1.29, 1.82) is 0 Å². The normalized spacial score (nSPS) is 11.8. The highest BCUT2D eigenvalue weighted by Crippen LogP contribution is 2.20. The largest absolute Gasteiger partial charge is 0.334 e. The van der Waals surface area contributed by atoms with Crippen molar-refractivity contribution < 1.29 is 9.18 Å². The van der Waals surface area contributed by atoms with Crippen molar-refractivity contribution in [1.82, 2.24) is 25.0 Å². The SMILES string of the molecule is CC(c1ccc(-n2cncn2)cc1)N(C)C(=O)NCc1ccc(F)cc1. The first-order chi connectivity index (χ1) is 12.5. The number of hydrogen-bond donors (Lipinski definition) is 1. The molecule has 0 aliphatic heterocycles. The number of nitrogens with zero attached hydrogens (tertiary/aromatic N) is 4. The highest BCUT2D eigenvalue weighted by Gasteiger charge is 2.17. The van der Waals surface area contributed by atoms with Crippen molar-refractivity contribution in [3.05, 3.63) is 78.1 Å². The zero-order valence-electron chi connectivity index (χ0n) is 14.6. The molecule has 134 valence electrons. The van der Waals surface area contributed by atoms with Crippen LogP contribution in [0, 0.1) is 5.82 Å². The second-order valence-corrected chi connectivity index (χ2v) is 6.00. The summed E-state index contributed by atoms with van der Waals surface area (Å²) in [7, 11) is 1.75. The summed E-state index contributed by atoms with van der Waals surface area (Å²) in [6.45, 7) is 2.31. The van der Waals surface area contributed by atoms with Crippen LogP contribution in [0.2, 0.25) is 0 Å². The van der Waals surface area contributed by atoms with Gasteiger partial charge in [0, 0.05) is 13.6 Å². The van der Waals surface area contributed by atoms with E-state index in [1.807, 2.05) is 31.2 Å². The number of carbonyl (C=O) groups excluding carboxylic acids is 1. The fraction of sp³-hybridized carbons (Fsp3) is 0.211. The highest BCUT2D eigenvalue weighted by atomic mass is 19.1. The number of carbonyl (C=O) groups is 1. The quantitative estimate of drug-likeness (QED) is 0.765. The van der Waals surface area contributed by atoms with E-state index < -0.39 is 0 Å². The summed E-state index contributed by atoms with van der Waals surface area (Å²) in [5.41, 5.74) is 2.76. The molecule has 26 heavy (non-hydrogen) atoms. The van der Waals surface area contributed by atoms with Crippen LogP contribution >= 0.6 is 0 Å². The fourth-order valence-electron chi connectivity index (χ4n) is 2.55. The van der Waals surface area contributed by atoms with Gasteiger partial charge in [-0.15, -0.1) is 0 Å². The predicted molar refractivity (Wildman–Crippen MR) is 96.2 cm³/mol. The van der Waals surface area contributed by atoms with Crippen molar-refractivity contribution in [2.24, 2.45) is 0 Å². The molecule has 6 nitrogen and oxygen atoms in total. The lowest BCUT2D eigenvalue weighted by Gasteiger charge is -2.25. The monoisotopic (exact) mass is 353 g/mol. The van der Waals surface area contributed by atoms with Crippen LogP contribution in [0.3, 0.4) is 0 Å².